The number of carbonyl (C=O) groups is 3. The van der Waals surface area contributed by atoms with Gasteiger partial charge in [-0.3, -0.25) is 14.4 Å². The van der Waals surface area contributed by atoms with Crippen LogP contribution in [0.5, 0.6) is 0 Å². The summed E-state index contributed by atoms with van der Waals surface area (Å²) in [5.74, 6) is 0.903. The number of esters is 3. The number of ether oxygens (including phenoxy) is 3. The van der Waals surface area contributed by atoms with E-state index in [1.54, 1.807) is 0 Å². The minimum atomic E-state index is -0.762. The lowest BCUT2D eigenvalue weighted by Crippen LogP contribution is -2.30. The van der Waals surface area contributed by atoms with E-state index >= 15 is 0 Å². The topological polar surface area (TPSA) is 78.9 Å². The van der Waals surface area contributed by atoms with Crippen LogP contribution in [0, 0.1) is 11.8 Å². The van der Waals surface area contributed by atoms with Crippen LogP contribution in [0.1, 0.15) is 336 Å². The smallest absolute Gasteiger partial charge is 0.306 e. The summed E-state index contributed by atoms with van der Waals surface area (Å²) in [7, 11) is 0. The molecular weight excluding hydrogens is 817 g/mol. The molecule has 0 rings (SSSR count). The molecule has 66 heavy (non-hydrogen) atoms. The van der Waals surface area contributed by atoms with Crippen LogP contribution in [0.25, 0.3) is 0 Å². The molecule has 0 N–H and O–H groups in total. The molecule has 0 aromatic carbocycles. The minimum absolute atomic E-state index is 0.0625. The number of rotatable bonds is 54. The first-order valence-electron chi connectivity index (χ1n) is 29.8. The molecule has 2 atom stereocenters. The van der Waals surface area contributed by atoms with Crippen LogP contribution in [0.2, 0.25) is 0 Å². The zero-order valence-corrected chi connectivity index (χ0v) is 45.3. The monoisotopic (exact) mass is 933 g/mol. The Kier molecular flexibility index (Phi) is 51.5. The first-order valence-corrected chi connectivity index (χ1v) is 29.8. The fraction of sp³-hybridized carbons (Fsp3) is 0.950. The number of unbranched alkanes of at least 4 members (excludes halogenated alkanes) is 38. The lowest BCUT2D eigenvalue weighted by molar-refractivity contribution is -0.167. The molecule has 0 heterocycles. The molecular formula is C60H116O6. The zero-order chi connectivity index (χ0) is 48.2. The second kappa shape index (κ2) is 52.8. The first-order chi connectivity index (χ1) is 32.3. The summed E-state index contributed by atoms with van der Waals surface area (Å²) in [6.45, 7) is 11.5. The van der Waals surface area contributed by atoms with Gasteiger partial charge in [-0.2, -0.15) is 0 Å². The van der Waals surface area contributed by atoms with Crippen LogP contribution in [-0.2, 0) is 28.6 Å². The van der Waals surface area contributed by atoms with Gasteiger partial charge in [0, 0.05) is 19.3 Å². The van der Waals surface area contributed by atoms with Crippen molar-refractivity contribution < 1.29 is 28.6 Å². The van der Waals surface area contributed by atoms with Crippen molar-refractivity contribution in [2.45, 2.75) is 343 Å². The summed E-state index contributed by atoms with van der Waals surface area (Å²) in [6, 6.07) is 0. The third kappa shape index (κ3) is 51.8. The van der Waals surface area contributed by atoms with Crippen molar-refractivity contribution in [2.24, 2.45) is 11.8 Å². The Balaban J connectivity index is 4.21. The number of carbonyl (C=O) groups excluding carboxylic acids is 3. The molecule has 0 fully saturated rings. The van der Waals surface area contributed by atoms with Crippen molar-refractivity contribution in [3.63, 3.8) is 0 Å². The molecule has 0 aliphatic carbocycles. The number of hydrogen-bond donors (Lipinski definition) is 0. The molecule has 0 aromatic rings. The molecule has 0 spiro atoms. The van der Waals surface area contributed by atoms with E-state index in [0.717, 1.165) is 69.6 Å². The third-order valence-electron chi connectivity index (χ3n) is 14.1. The molecule has 392 valence electrons. The first kappa shape index (κ1) is 64.4. The van der Waals surface area contributed by atoms with Gasteiger partial charge >= 0.3 is 17.9 Å². The van der Waals surface area contributed by atoms with Gasteiger partial charge in [0.1, 0.15) is 13.2 Å². The van der Waals surface area contributed by atoms with Crippen molar-refractivity contribution >= 4 is 17.9 Å². The molecule has 0 amide bonds. The lowest BCUT2D eigenvalue weighted by atomic mass is 9.99. The van der Waals surface area contributed by atoms with Gasteiger partial charge in [-0.25, -0.2) is 0 Å². The van der Waals surface area contributed by atoms with Gasteiger partial charge in [-0.15, -0.1) is 0 Å². The maximum atomic E-state index is 12.8. The normalized spacial score (nSPS) is 12.5. The van der Waals surface area contributed by atoms with E-state index in [4.69, 9.17) is 14.2 Å². The Bertz CT molecular complexity index is 1010. The zero-order valence-electron chi connectivity index (χ0n) is 45.3. The molecule has 0 saturated heterocycles. The Labute approximate surface area is 412 Å². The van der Waals surface area contributed by atoms with E-state index < -0.39 is 6.10 Å². The highest BCUT2D eigenvalue weighted by atomic mass is 16.6. The van der Waals surface area contributed by atoms with Crippen LogP contribution >= 0.6 is 0 Å². The van der Waals surface area contributed by atoms with Crippen LogP contribution in [0.15, 0.2) is 0 Å². The average Bonchev–Trinajstić information content (AvgIpc) is 3.30. The predicted molar refractivity (Wildman–Crippen MR) is 284 cm³/mol. The van der Waals surface area contributed by atoms with Gasteiger partial charge in [0.25, 0.3) is 0 Å². The number of hydrogen-bond acceptors (Lipinski definition) is 6. The van der Waals surface area contributed by atoms with E-state index in [0.29, 0.717) is 19.3 Å². The van der Waals surface area contributed by atoms with Crippen molar-refractivity contribution in [1.82, 2.24) is 0 Å². The van der Waals surface area contributed by atoms with Crippen molar-refractivity contribution in [2.75, 3.05) is 13.2 Å². The van der Waals surface area contributed by atoms with E-state index in [2.05, 4.69) is 34.6 Å². The standard InChI is InChI=1S/C60H116O6/c1-6-8-9-10-11-12-23-30-35-40-45-50-58(61)64-53-57(66-60(63)52-47-42-37-32-27-22-21-24-28-33-38-43-48-55(3)4)54-65-59(62)51-46-41-36-31-26-20-18-16-14-13-15-17-19-25-29-34-39-44-49-56(5)7-2/h55-57H,6-54H2,1-5H3/t56?,57-/m1/s1. The molecule has 6 heteroatoms. The van der Waals surface area contributed by atoms with Crippen LogP contribution in [0.4, 0.5) is 0 Å². The molecule has 1 unspecified atom stereocenters. The van der Waals surface area contributed by atoms with Crippen molar-refractivity contribution in [3.05, 3.63) is 0 Å². The summed E-state index contributed by atoms with van der Waals surface area (Å²) < 4.78 is 16.9. The Morgan fingerprint density at radius 1 is 0.318 bits per heavy atom. The summed E-state index contributed by atoms with van der Waals surface area (Å²) in [4.78, 5) is 38.1. The predicted octanol–water partition coefficient (Wildman–Crippen LogP) is 19.7. The fourth-order valence-corrected chi connectivity index (χ4v) is 9.20. The minimum Gasteiger partial charge on any atom is -0.462 e. The maximum absolute atomic E-state index is 12.8. The molecule has 0 aliphatic rings. The molecule has 0 aliphatic heterocycles. The van der Waals surface area contributed by atoms with Crippen LogP contribution in [0.3, 0.4) is 0 Å². The second-order valence-corrected chi connectivity index (χ2v) is 21.4. The highest BCUT2D eigenvalue weighted by Gasteiger charge is 2.19. The average molecular weight is 934 g/mol. The third-order valence-corrected chi connectivity index (χ3v) is 14.1. The van der Waals surface area contributed by atoms with Gasteiger partial charge in [-0.1, -0.05) is 298 Å². The van der Waals surface area contributed by atoms with Crippen molar-refractivity contribution in [3.8, 4) is 0 Å². The van der Waals surface area contributed by atoms with E-state index in [-0.39, 0.29) is 31.1 Å². The van der Waals surface area contributed by atoms with E-state index in [1.165, 1.54) is 225 Å². The highest BCUT2D eigenvalue weighted by Crippen LogP contribution is 2.19. The van der Waals surface area contributed by atoms with Gasteiger partial charge in [0.2, 0.25) is 0 Å². The quantitative estimate of drug-likeness (QED) is 0.0343. The van der Waals surface area contributed by atoms with Gasteiger partial charge in [0.15, 0.2) is 6.10 Å². The summed E-state index contributed by atoms with van der Waals surface area (Å²) in [5.41, 5.74) is 0. The SMILES string of the molecule is CCCCCCCCCCCCCC(=O)OC[C@H](COC(=O)CCCCCCCCCCCCCCCCCCCCC(C)CC)OC(=O)CCCCCCCCCCCCCCC(C)C. The second-order valence-electron chi connectivity index (χ2n) is 21.4. The Hall–Kier alpha value is -1.59. The van der Waals surface area contributed by atoms with Gasteiger partial charge in [-0.05, 0) is 31.1 Å². The molecule has 0 radical (unpaired) electrons. The highest BCUT2D eigenvalue weighted by molar-refractivity contribution is 5.71. The van der Waals surface area contributed by atoms with E-state index in [9.17, 15) is 14.4 Å². The summed E-state index contributed by atoms with van der Waals surface area (Å²) in [6.07, 6.45) is 56.6. The molecule has 6 nitrogen and oxygen atoms in total. The Morgan fingerprint density at radius 2 is 0.576 bits per heavy atom. The summed E-state index contributed by atoms with van der Waals surface area (Å²) in [5, 5.41) is 0. The molecule has 0 aromatic heterocycles. The van der Waals surface area contributed by atoms with Crippen molar-refractivity contribution in [1.29, 1.82) is 0 Å². The van der Waals surface area contributed by atoms with Crippen LogP contribution in [-0.4, -0.2) is 37.2 Å². The van der Waals surface area contributed by atoms with Gasteiger partial charge < -0.3 is 14.2 Å². The van der Waals surface area contributed by atoms with Gasteiger partial charge in [0.05, 0.1) is 0 Å². The Morgan fingerprint density at radius 3 is 0.864 bits per heavy atom. The lowest BCUT2D eigenvalue weighted by Gasteiger charge is -2.18. The van der Waals surface area contributed by atoms with Crippen LogP contribution < -0.4 is 0 Å². The largest absolute Gasteiger partial charge is 0.462 e. The maximum Gasteiger partial charge on any atom is 0.306 e. The fourth-order valence-electron chi connectivity index (χ4n) is 9.20. The molecule has 0 bridgehead atoms. The van der Waals surface area contributed by atoms with E-state index in [1.807, 2.05) is 0 Å². The summed E-state index contributed by atoms with van der Waals surface area (Å²) >= 11 is 0. The molecule has 0 saturated carbocycles.